The topological polar surface area (TPSA) is 87.3 Å². The molecule has 2 aromatic rings. The second kappa shape index (κ2) is 9.03. The van der Waals surface area contributed by atoms with E-state index < -0.39 is 4.92 Å². The van der Waals surface area contributed by atoms with E-state index in [1.807, 2.05) is 41.5 Å². The molecule has 0 aliphatic carbocycles. The standard InChI is InChI=1S/C22H29N3O4/c1-8-24-22(29-12-13(2)3)18(11-23-24)21(26)17-9-10-19(25(27)28)20(16(17)7)15(6)14(4)5/h9-11,13H,8,12H2,1-7H3. The Morgan fingerprint density at radius 2 is 1.90 bits per heavy atom. The van der Waals surface area contributed by atoms with Crippen molar-refractivity contribution in [2.75, 3.05) is 6.61 Å². The molecule has 156 valence electrons. The fraction of sp³-hybridized carbons (Fsp3) is 0.455. The molecule has 0 fully saturated rings. The third kappa shape index (κ3) is 4.55. The number of aryl methyl sites for hydroxylation is 1. The summed E-state index contributed by atoms with van der Waals surface area (Å²) < 4.78 is 7.53. The Hall–Kier alpha value is -2.96. The average molecular weight is 399 g/mol. The summed E-state index contributed by atoms with van der Waals surface area (Å²) in [6, 6.07) is 2.92. The van der Waals surface area contributed by atoms with Crippen molar-refractivity contribution in [2.24, 2.45) is 5.92 Å². The quantitative estimate of drug-likeness (QED) is 0.346. The van der Waals surface area contributed by atoms with Crippen LogP contribution in [0.3, 0.4) is 0 Å². The molecule has 0 aliphatic rings. The number of aromatic nitrogens is 2. The molecule has 2 rings (SSSR count). The number of rotatable bonds is 8. The van der Waals surface area contributed by atoms with Gasteiger partial charge in [-0.25, -0.2) is 4.68 Å². The molecule has 0 amide bonds. The van der Waals surface area contributed by atoms with Crippen molar-refractivity contribution in [1.29, 1.82) is 0 Å². The third-order valence-corrected chi connectivity index (χ3v) is 4.90. The Labute approximate surface area is 171 Å². The minimum Gasteiger partial charge on any atom is -0.477 e. The van der Waals surface area contributed by atoms with E-state index in [1.54, 1.807) is 11.6 Å². The number of carbonyl (C=O) groups excluding carboxylic acids is 1. The zero-order valence-corrected chi connectivity index (χ0v) is 18.2. The van der Waals surface area contributed by atoms with E-state index in [1.165, 1.54) is 18.3 Å². The molecule has 0 saturated heterocycles. The van der Waals surface area contributed by atoms with Gasteiger partial charge in [0.05, 0.1) is 23.3 Å². The molecule has 0 atom stereocenters. The Kier molecular flexibility index (Phi) is 6.95. The van der Waals surface area contributed by atoms with Gasteiger partial charge in [-0.2, -0.15) is 5.10 Å². The van der Waals surface area contributed by atoms with Gasteiger partial charge in [0.1, 0.15) is 5.56 Å². The van der Waals surface area contributed by atoms with E-state index in [0.717, 1.165) is 11.1 Å². The number of nitrogens with zero attached hydrogens (tertiary/aromatic N) is 3. The predicted molar refractivity (Wildman–Crippen MR) is 113 cm³/mol. The van der Waals surface area contributed by atoms with Gasteiger partial charge < -0.3 is 4.74 Å². The molecule has 0 saturated carbocycles. The van der Waals surface area contributed by atoms with Crippen LogP contribution in [0.2, 0.25) is 0 Å². The second-order valence-electron chi connectivity index (χ2n) is 7.73. The number of nitro benzene ring substituents is 1. The van der Waals surface area contributed by atoms with Crippen LogP contribution in [0.15, 0.2) is 23.9 Å². The first-order valence-electron chi connectivity index (χ1n) is 9.75. The van der Waals surface area contributed by atoms with Crippen LogP contribution in [0.25, 0.3) is 5.57 Å². The summed E-state index contributed by atoms with van der Waals surface area (Å²) in [6.07, 6.45) is 1.51. The minimum absolute atomic E-state index is 0.00159. The number of hydrogen-bond donors (Lipinski definition) is 0. The summed E-state index contributed by atoms with van der Waals surface area (Å²) in [5.41, 5.74) is 3.61. The van der Waals surface area contributed by atoms with E-state index in [2.05, 4.69) is 5.10 Å². The van der Waals surface area contributed by atoms with Gasteiger partial charge in [0, 0.05) is 18.2 Å². The highest BCUT2D eigenvalue weighted by atomic mass is 16.6. The molecule has 7 heteroatoms. The zero-order valence-electron chi connectivity index (χ0n) is 18.2. The maximum Gasteiger partial charge on any atom is 0.277 e. The predicted octanol–water partition coefficient (Wildman–Crippen LogP) is 5.20. The monoisotopic (exact) mass is 399 g/mol. The molecule has 1 aromatic heterocycles. The fourth-order valence-corrected chi connectivity index (χ4v) is 3.12. The van der Waals surface area contributed by atoms with Crippen molar-refractivity contribution >= 4 is 17.0 Å². The Morgan fingerprint density at radius 3 is 2.41 bits per heavy atom. The summed E-state index contributed by atoms with van der Waals surface area (Å²) >= 11 is 0. The average Bonchev–Trinajstić information content (AvgIpc) is 3.07. The summed E-state index contributed by atoms with van der Waals surface area (Å²) in [6.45, 7) is 14.4. The molecule has 1 aromatic carbocycles. The summed E-state index contributed by atoms with van der Waals surface area (Å²) in [7, 11) is 0. The summed E-state index contributed by atoms with van der Waals surface area (Å²) in [5.74, 6) is 0.481. The molecule has 1 heterocycles. The summed E-state index contributed by atoms with van der Waals surface area (Å²) in [5, 5.41) is 15.8. The largest absolute Gasteiger partial charge is 0.477 e. The molecule has 0 bridgehead atoms. The van der Waals surface area contributed by atoms with Crippen LogP contribution < -0.4 is 4.74 Å². The van der Waals surface area contributed by atoms with Crippen LogP contribution in [0.5, 0.6) is 5.88 Å². The first-order valence-corrected chi connectivity index (χ1v) is 9.75. The second-order valence-corrected chi connectivity index (χ2v) is 7.73. The molecule has 0 spiro atoms. The van der Waals surface area contributed by atoms with Gasteiger partial charge in [-0.1, -0.05) is 19.4 Å². The molecule has 0 unspecified atom stereocenters. The molecular formula is C22H29N3O4. The van der Waals surface area contributed by atoms with E-state index in [-0.39, 0.29) is 11.5 Å². The van der Waals surface area contributed by atoms with Crippen LogP contribution in [-0.2, 0) is 6.54 Å². The van der Waals surface area contributed by atoms with E-state index in [4.69, 9.17) is 4.74 Å². The van der Waals surface area contributed by atoms with Gasteiger partial charge in [-0.3, -0.25) is 14.9 Å². The van der Waals surface area contributed by atoms with Crippen molar-refractivity contribution in [3.63, 3.8) is 0 Å². The van der Waals surface area contributed by atoms with E-state index >= 15 is 0 Å². The van der Waals surface area contributed by atoms with Gasteiger partial charge in [-0.15, -0.1) is 0 Å². The van der Waals surface area contributed by atoms with E-state index in [0.29, 0.717) is 47.2 Å². The molecule has 0 radical (unpaired) electrons. The van der Waals surface area contributed by atoms with Crippen molar-refractivity contribution in [3.8, 4) is 5.88 Å². The van der Waals surface area contributed by atoms with Gasteiger partial charge in [0.2, 0.25) is 5.88 Å². The van der Waals surface area contributed by atoms with Crippen molar-refractivity contribution in [2.45, 2.75) is 55.0 Å². The number of carbonyl (C=O) groups is 1. The van der Waals surface area contributed by atoms with Crippen LogP contribution in [0, 0.1) is 23.0 Å². The Morgan fingerprint density at radius 1 is 1.24 bits per heavy atom. The van der Waals surface area contributed by atoms with E-state index in [9.17, 15) is 14.9 Å². The Bertz CT molecular complexity index is 967. The molecule has 29 heavy (non-hydrogen) atoms. The number of nitro groups is 1. The van der Waals surface area contributed by atoms with Gasteiger partial charge in [0.25, 0.3) is 5.69 Å². The van der Waals surface area contributed by atoms with Gasteiger partial charge in [-0.05, 0) is 57.7 Å². The van der Waals surface area contributed by atoms with Crippen LogP contribution >= 0.6 is 0 Å². The number of benzene rings is 1. The molecule has 0 aliphatic heterocycles. The van der Waals surface area contributed by atoms with Gasteiger partial charge in [0.15, 0.2) is 5.78 Å². The maximum absolute atomic E-state index is 13.4. The first-order chi connectivity index (χ1) is 13.6. The Balaban J connectivity index is 2.63. The zero-order chi connectivity index (χ0) is 21.9. The third-order valence-electron chi connectivity index (χ3n) is 4.90. The lowest BCUT2D eigenvalue weighted by Crippen LogP contribution is -2.13. The maximum atomic E-state index is 13.4. The normalized spacial score (nSPS) is 10.9. The smallest absolute Gasteiger partial charge is 0.277 e. The van der Waals surface area contributed by atoms with Gasteiger partial charge >= 0.3 is 0 Å². The number of allylic oxidation sites excluding steroid dienone is 2. The molecular weight excluding hydrogens is 370 g/mol. The lowest BCUT2D eigenvalue weighted by molar-refractivity contribution is -0.385. The van der Waals surface area contributed by atoms with Crippen LogP contribution in [0.4, 0.5) is 5.69 Å². The highest BCUT2D eigenvalue weighted by Gasteiger charge is 2.26. The summed E-state index contributed by atoms with van der Waals surface area (Å²) in [4.78, 5) is 24.5. The highest BCUT2D eigenvalue weighted by Crippen LogP contribution is 2.34. The molecule has 0 N–H and O–H groups in total. The van der Waals surface area contributed by atoms with Crippen LogP contribution in [0.1, 0.15) is 68.6 Å². The SMILES string of the molecule is CCn1ncc(C(=O)c2ccc([N+](=O)[O-])c(C(C)=C(C)C)c2C)c1OCC(C)C. The lowest BCUT2D eigenvalue weighted by atomic mass is 9.90. The van der Waals surface area contributed by atoms with Crippen molar-refractivity contribution < 1.29 is 14.5 Å². The highest BCUT2D eigenvalue weighted by molar-refractivity contribution is 6.12. The van der Waals surface area contributed by atoms with Crippen molar-refractivity contribution in [1.82, 2.24) is 9.78 Å². The number of ether oxygens (including phenoxy) is 1. The fourth-order valence-electron chi connectivity index (χ4n) is 3.12. The number of ketones is 1. The lowest BCUT2D eigenvalue weighted by Gasteiger charge is -2.14. The molecule has 7 nitrogen and oxygen atoms in total. The number of hydrogen-bond acceptors (Lipinski definition) is 5. The van der Waals surface area contributed by atoms with Crippen molar-refractivity contribution in [3.05, 3.63) is 56.3 Å². The first kappa shape index (κ1) is 22.3. The minimum atomic E-state index is -0.407. The van der Waals surface area contributed by atoms with Crippen LogP contribution in [-0.4, -0.2) is 27.1 Å².